The van der Waals surface area contributed by atoms with E-state index in [1.54, 1.807) is 7.11 Å². The molecule has 3 N–H and O–H groups in total. The van der Waals surface area contributed by atoms with Gasteiger partial charge < -0.3 is 15.8 Å². The molecule has 1 fully saturated rings. The second-order valence-electron chi connectivity index (χ2n) is 2.53. The lowest BCUT2D eigenvalue weighted by Crippen LogP contribution is -2.49. The molecule has 0 aromatic heterocycles. The molecule has 0 aromatic rings. The molecule has 0 aliphatic heterocycles. The third-order valence-electron chi connectivity index (χ3n) is 1.77. The molecule has 1 rings (SSSR count). The van der Waals surface area contributed by atoms with E-state index >= 15 is 0 Å². The highest BCUT2D eigenvalue weighted by atomic mass is 32.1. The van der Waals surface area contributed by atoms with Crippen LogP contribution in [0.1, 0.15) is 12.8 Å². The van der Waals surface area contributed by atoms with E-state index in [-0.39, 0.29) is 0 Å². The minimum absolute atomic E-state index is 0.388. The van der Waals surface area contributed by atoms with Crippen molar-refractivity contribution in [2.75, 3.05) is 7.11 Å². The van der Waals surface area contributed by atoms with Crippen molar-refractivity contribution >= 4 is 17.3 Å². The monoisotopic (exact) mass is 160 g/mol. The van der Waals surface area contributed by atoms with Crippen LogP contribution in [-0.2, 0) is 4.74 Å². The fourth-order valence-electron chi connectivity index (χ4n) is 1.08. The third kappa shape index (κ3) is 1.82. The highest BCUT2D eigenvalue weighted by Gasteiger charge is 2.28. The topological polar surface area (TPSA) is 47.3 Å². The van der Waals surface area contributed by atoms with E-state index in [1.807, 2.05) is 0 Å². The fraction of sp³-hybridized carbons (Fsp3) is 0.833. The Bertz CT molecular complexity index is 134. The lowest BCUT2D eigenvalue weighted by atomic mass is 9.89. The molecule has 0 spiro atoms. The Labute approximate surface area is 65.9 Å². The van der Waals surface area contributed by atoms with Crippen LogP contribution >= 0.6 is 12.2 Å². The SMILES string of the molecule is CO[C@H]1C[C@H](NC(N)=S)C1. The summed E-state index contributed by atoms with van der Waals surface area (Å²) in [6.45, 7) is 0. The van der Waals surface area contributed by atoms with Gasteiger partial charge in [-0.25, -0.2) is 0 Å². The molecule has 58 valence electrons. The Morgan fingerprint density at radius 1 is 1.70 bits per heavy atom. The summed E-state index contributed by atoms with van der Waals surface area (Å²) >= 11 is 4.67. The maximum absolute atomic E-state index is 5.27. The van der Waals surface area contributed by atoms with Gasteiger partial charge in [-0.1, -0.05) is 0 Å². The molecule has 0 bridgehead atoms. The van der Waals surface area contributed by atoms with Crippen LogP contribution in [0.3, 0.4) is 0 Å². The number of hydrogen-bond acceptors (Lipinski definition) is 2. The van der Waals surface area contributed by atoms with Crippen LogP contribution in [0.5, 0.6) is 0 Å². The Morgan fingerprint density at radius 2 is 2.30 bits per heavy atom. The summed E-state index contributed by atoms with van der Waals surface area (Å²) in [6.07, 6.45) is 2.45. The average molecular weight is 160 g/mol. The van der Waals surface area contributed by atoms with Crippen molar-refractivity contribution in [2.24, 2.45) is 5.73 Å². The van der Waals surface area contributed by atoms with Crippen LogP contribution < -0.4 is 11.1 Å². The number of hydrogen-bond donors (Lipinski definition) is 2. The number of rotatable bonds is 2. The maximum atomic E-state index is 5.27. The largest absolute Gasteiger partial charge is 0.381 e. The smallest absolute Gasteiger partial charge is 0.163 e. The first-order chi connectivity index (χ1) is 4.72. The highest BCUT2D eigenvalue weighted by Crippen LogP contribution is 2.21. The summed E-state index contributed by atoms with van der Waals surface area (Å²) in [7, 11) is 1.72. The molecular formula is C6H12N2OS. The van der Waals surface area contributed by atoms with Crippen molar-refractivity contribution < 1.29 is 4.74 Å². The quantitative estimate of drug-likeness (QED) is 0.558. The van der Waals surface area contributed by atoms with Crippen molar-refractivity contribution in [3.8, 4) is 0 Å². The molecule has 0 amide bonds. The van der Waals surface area contributed by atoms with Crippen LogP contribution in [-0.4, -0.2) is 24.4 Å². The van der Waals surface area contributed by atoms with Gasteiger partial charge in [-0.05, 0) is 25.1 Å². The van der Waals surface area contributed by atoms with Crippen LogP contribution in [0, 0.1) is 0 Å². The van der Waals surface area contributed by atoms with Crippen molar-refractivity contribution in [3.05, 3.63) is 0 Å². The van der Waals surface area contributed by atoms with E-state index in [1.165, 1.54) is 0 Å². The predicted octanol–water partition coefficient (Wildman–Crippen LogP) is -0.00300. The van der Waals surface area contributed by atoms with Crippen LogP contribution in [0.15, 0.2) is 0 Å². The second kappa shape index (κ2) is 3.16. The van der Waals surface area contributed by atoms with Gasteiger partial charge in [0.15, 0.2) is 5.11 Å². The highest BCUT2D eigenvalue weighted by molar-refractivity contribution is 7.80. The van der Waals surface area contributed by atoms with Crippen LogP contribution in [0.4, 0.5) is 0 Å². The summed E-state index contributed by atoms with van der Waals surface area (Å²) in [4.78, 5) is 0. The molecule has 1 aliphatic carbocycles. The van der Waals surface area contributed by atoms with Gasteiger partial charge in [0.1, 0.15) is 0 Å². The summed E-state index contributed by atoms with van der Waals surface area (Å²) in [6, 6.07) is 0.447. The maximum Gasteiger partial charge on any atom is 0.163 e. The van der Waals surface area contributed by atoms with Crippen LogP contribution in [0.25, 0.3) is 0 Å². The molecule has 0 atom stereocenters. The van der Waals surface area contributed by atoms with E-state index in [4.69, 9.17) is 10.5 Å². The van der Waals surface area contributed by atoms with E-state index in [0.717, 1.165) is 12.8 Å². The first kappa shape index (κ1) is 7.75. The Morgan fingerprint density at radius 3 is 2.70 bits per heavy atom. The zero-order valence-corrected chi connectivity index (χ0v) is 6.78. The fourth-order valence-corrected chi connectivity index (χ4v) is 1.24. The average Bonchev–Trinajstić information content (AvgIpc) is 1.76. The lowest BCUT2D eigenvalue weighted by molar-refractivity contribution is 0.0227. The molecule has 0 aromatic carbocycles. The van der Waals surface area contributed by atoms with Gasteiger partial charge in [-0.2, -0.15) is 0 Å². The number of thiocarbonyl (C=S) groups is 1. The van der Waals surface area contributed by atoms with Gasteiger partial charge in [-0.3, -0.25) is 0 Å². The number of methoxy groups -OCH3 is 1. The van der Waals surface area contributed by atoms with Gasteiger partial charge in [0, 0.05) is 13.2 Å². The molecule has 0 radical (unpaired) electrons. The van der Waals surface area contributed by atoms with Gasteiger partial charge >= 0.3 is 0 Å². The molecular weight excluding hydrogens is 148 g/mol. The second-order valence-corrected chi connectivity index (χ2v) is 2.97. The minimum Gasteiger partial charge on any atom is -0.381 e. The van der Waals surface area contributed by atoms with Crippen molar-refractivity contribution in [2.45, 2.75) is 25.0 Å². The summed E-state index contributed by atoms with van der Waals surface area (Å²) in [5, 5.41) is 3.36. The minimum atomic E-state index is 0.388. The zero-order chi connectivity index (χ0) is 7.56. The molecule has 0 saturated heterocycles. The molecule has 0 heterocycles. The standard InChI is InChI=1S/C6H12N2OS/c1-9-5-2-4(3-5)8-6(7)10/h4-5H,2-3H2,1H3,(H3,7,8,10)/t4-,5-. The molecule has 0 unspecified atom stereocenters. The molecule has 3 nitrogen and oxygen atoms in total. The van der Waals surface area contributed by atoms with Gasteiger partial charge in [0.05, 0.1) is 6.10 Å². The van der Waals surface area contributed by atoms with Gasteiger partial charge in [0.25, 0.3) is 0 Å². The number of nitrogens with one attached hydrogen (secondary N) is 1. The van der Waals surface area contributed by atoms with Crippen molar-refractivity contribution in [1.82, 2.24) is 5.32 Å². The van der Waals surface area contributed by atoms with Gasteiger partial charge in [-0.15, -0.1) is 0 Å². The van der Waals surface area contributed by atoms with Crippen molar-refractivity contribution in [1.29, 1.82) is 0 Å². The summed E-state index contributed by atoms with van der Waals surface area (Å²) < 4.78 is 5.07. The van der Waals surface area contributed by atoms with Gasteiger partial charge in [0.2, 0.25) is 0 Å². The molecule has 4 heteroatoms. The van der Waals surface area contributed by atoms with E-state index in [0.29, 0.717) is 17.3 Å². The van der Waals surface area contributed by atoms with E-state index < -0.39 is 0 Å². The number of nitrogens with two attached hydrogens (primary N) is 1. The normalized spacial score (nSPS) is 30.9. The molecule has 1 aliphatic rings. The third-order valence-corrected chi connectivity index (χ3v) is 1.89. The Hall–Kier alpha value is -0.350. The first-order valence-corrected chi connectivity index (χ1v) is 3.72. The Balaban J connectivity index is 2.08. The zero-order valence-electron chi connectivity index (χ0n) is 5.96. The molecule has 10 heavy (non-hydrogen) atoms. The van der Waals surface area contributed by atoms with E-state index in [9.17, 15) is 0 Å². The van der Waals surface area contributed by atoms with Crippen LogP contribution in [0.2, 0.25) is 0 Å². The summed E-state index contributed by atoms with van der Waals surface area (Å²) in [5.41, 5.74) is 5.27. The van der Waals surface area contributed by atoms with Crippen molar-refractivity contribution in [3.63, 3.8) is 0 Å². The molecule has 1 saturated carbocycles. The Kier molecular flexibility index (Phi) is 2.45. The van der Waals surface area contributed by atoms with E-state index in [2.05, 4.69) is 17.5 Å². The predicted molar refractivity (Wildman–Crippen MR) is 43.7 cm³/mol. The summed E-state index contributed by atoms with van der Waals surface area (Å²) in [5.74, 6) is 0. The number of ether oxygens (including phenoxy) is 1. The first-order valence-electron chi connectivity index (χ1n) is 3.31. The lowest BCUT2D eigenvalue weighted by Gasteiger charge is -2.34.